The second kappa shape index (κ2) is 12.6. The number of rotatable bonds is 9. The molecule has 0 radical (unpaired) electrons. The topological polar surface area (TPSA) is 97.7 Å². The van der Waals surface area contributed by atoms with Crippen LogP contribution in [0.3, 0.4) is 0 Å². The number of nitrogens with zero attached hydrogens (tertiary/aromatic N) is 1. The van der Waals surface area contributed by atoms with Crippen LogP contribution in [0.1, 0.15) is 37.3 Å². The van der Waals surface area contributed by atoms with E-state index in [1.807, 2.05) is 36.4 Å². The number of esters is 2. The highest BCUT2D eigenvalue weighted by Crippen LogP contribution is 2.40. The van der Waals surface area contributed by atoms with Crippen molar-refractivity contribution in [3.8, 4) is 11.8 Å². The maximum atomic E-state index is 13.3. The molecule has 0 aromatic heterocycles. The van der Waals surface area contributed by atoms with Crippen molar-refractivity contribution in [2.75, 3.05) is 20.3 Å². The molecule has 0 spiro atoms. The molecule has 8 heteroatoms. The van der Waals surface area contributed by atoms with Crippen LogP contribution in [0.15, 0.2) is 77.1 Å². The van der Waals surface area contributed by atoms with Gasteiger partial charge in [-0.3, -0.25) is 0 Å². The lowest BCUT2D eigenvalue weighted by Crippen LogP contribution is -2.32. The molecule has 1 aliphatic heterocycles. The number of nitrogens with one attached hydrogen (secondary N) is 1. The molecule has 0 saturated carbocycles. The van der Waals surface area contributed by atoms with Gasteiger partial charge in [-0.1, -0.05) is 48.0 Å². The Bertz CT molecular complexity index is 1270. The number of carbonyl (C=O) groups excluding carboxylic acids is 2. The Labute approximate surface area is 215 Å². The van der Waals surface area contributed by atoms with E-state index in [0.717, 1.165) is 5.56 Å². The minimum absolute atomic E-state index is 0.0145. The van der Waals surface area contributed by atoms with Gasteiger partial charge in [0.15, 0.2) is 0 Å². The Balaban J connectivity index is 1.88. The monoisotopic (exact) mass is 506 g/mol. The van der Waals surface area contributed by atoms with E-state index in [4.69, 9.17) is 31.1 Å². The number of hydrogen-bond acceptors (Lipinski definition) is 7. The van der Waals surface area contributed by atoms with Crippen molar-refractivity contribution in [2.24, 2.45) is 0 Å². The highest BCUT2D eigenvalue weighted by atomic mass is 35.5. The molecule has 186 valence electrons. The highest BCUT2D eigenvalue weighted by Gasteiger charge is 2.38. The van der Waals surface area contributed by atoms with Gasteiger partial charge >= 0.3 is 11.9 Å². The van der Waals surface area contributed by atoms with Crippen LogP contribution in [0.5, 0.6) is 5.75 Å². The number of ether oxygens (including phenoxy) is 3. The maximum Gasteiger partial charge on any atom is 0.337 e. The fourth-order valence-electron chi connectivity index (χ4n) is 4.00. The fraction of sp³-hybridized carbons (Fsp3) is 0.250. The van der Waals surface area contributed by atoms with Gasteiger partial charge in [-0.05, 0) is 43.7 Å². The van der Waals surface area contributed by atoms with Gasteiger partial charge in [0.2, 0.25) is 0 Å². The molecule has 1 unspecified atom stereocenters. The number of methoxy groups -OCH3 is 1. The molecule has 2 aromatic rings. The molecule has 0 amide bonds. The van der Waals surface area contributed by atoms with Crippen LogP contribution in [-0.2, 0) is 19.1 Å². The van der Waals surface area contributed by atoms with Crippen LogP contribution in [0, 0.1) is 11.3 Å². The van der Waals surface area contributed by atoms with Crippen LogP contribution in [0.2, 0.25) is 5.02 Å². The first-order valence-corrected chi connectivity index (χ1v) is 11.7. The number of hydrogen-bond donors (Lipinski definition) is 1. The quantitative estimate of drug-likeness (QED) is 0.364. The van der Waals surface area contributed by atoms with Gasteiger partial charge in [0.05, 0.1) is 36.7 Å². The van der Waals surface area contributed by atoms with E-state index in [2.05, 4.69) is 5.32 Å². The summed E-state index contributed by atoms with van der Waals surface area (Å²) in [6.45, 7) is 3.45. The predicted molar refractivity (Wildman–Crippen MR) is 137 cm³/mol. The SMILES string of the molecule is COc1ccccc1C=CCOC(=O)C1=C(C)NC(C)=C(C(=O)OCCC#N)C1c1cccc(Cl)c1. The number of carbonyl (C=O) groups is 2. The fourth-order valence-corrected chi connectivity index (χ4v) is 4.20. The zero-order valence-electron chi connectivity index (χ0n) is 20.3. The second-order valence-corrected chi connectivity index (χ2v) is 8.41. The molecule has 0 fully saturated rings. The predicted octanol–water partition coefficient (Wildman–Crippen LogP) is 5.30. The van der Waals surface area contributed by atoms with Gasteiger partial charge in [-0.25, -0.2) is 9.59 Å². The third kappa shape index (κ3) is 6.35. The number of para-hydroxylation sites is 1. The smallest absolute Gasteiger partial charge is 0.337 e. The minimum atomic E-state index is -0.759. The molecule has 1 atom stereocenters. The standard InChI is InChI=1S/C28H27ClN2O5/c1-18-24(27(32)35-15-7-11-20-9-4-5-13-23(20)34-3)26(21-10-6-12-22(29)17-21)25(19(2)31-18)28(33)36-16-8-14-30/h4-7,9-13,17,26,31H,8,15-16H2,1-3H3. The summed E-state index contributed by atoms with van der Waals surface area (Å²) in [6, 6.07) is 16.4. The zero-order valence-corrected chi connectivity index (χ0v) is 21.1. The Hall–Kier alpha value is -4.02. The van der Waals surface area contributed by atoms with Crippen LogP contribution in [0.25, 0.3) is 6.08 Å². The molecule has 1 N–H and O–H groups in total. The normalized spacial score (nSPS) is 15.4. The lowest BCUT2D eigenvalue weighted by molar-refractivity contribution is -0.139. The van der Waals surface area contributed by atoms with E-state index in [0.29, 0.717) is 27.7 Å². The van der Waals surface area contributed by atoms with E-state index >= 15 is 0 Å². The van der Waals surface area contributed by atoms with Crippen LogP contribution in [0.4, 0.5) is 0 Å². The summed E-state index contributed by atoms with van der Waals surface area (Å²) in [5.41, 5.74) is 3.14. The van der Waals surface area contributed by atoms with Crippen molar-refractivity contribution >= 4 is 29.6 Å². The summed E-state index contributed by atoms with van der Waals surface area (Å²) in [6.07, 6.45) is 3.59. The lowest BCUT2D eigenvalue weighted by Gasteiger charge is -2.30. The van der Waals surface area contributed by atoms with E-state index in [9.17, 15) is 9.59 Å². The van der Waals surface area contributed by atoms with Crippen molar-refractivity contribution in [2.45, 2.75) is 26.2 Å². The van der Waals surface area contributed by atoms with E-state index in [1.54, 1.807) is 51.3 Å². The molecule has 36 heavy (non-hydrogen) atoms. The Kier molecular flexibility index (Phi) is 9.32. The molecular weight excluding hydrogens is 480 g/mol. The van der Waals surface area contributed by atoms with Gasteiger partial charge in [-0.15, -0.1) is 0 Å². The third-order valence-electron chi connectivity index (χ3n) is 5.58. The third-order valence-corrected chi connectivity index (χ3v) is 5.81. The highest BCUT2D eigenvalue weighted by molar-refractivity contribution is 6.30. The Morgan fingerprint density at radius 2 is 1.75 bits per heavy atom. The molecule has 0 bridgehead atoms. The largest absolute Gasteiger partial charge is 0.496 e. The van der Waals surface area contributed by atoms with Crippen LogP contribution in [-0.4, -0.2) is 32.3 Å². The summed E-state index contributed by atoms with van der Waals surface area (Å²) in [5.74, 6) is -1.25. The second-order valence-electron chi connectivity index (χ2n) is 7.98. The van der Waals surface area contributed by atoms with Crippen molar-refractivity contribution in [3.63, 3.8) is 0 Å². The summed E-state index contributed by atoms with van der Waals surface area (Å²) < 4.78 is 16.2. The van der Waals surface area contributed by atoms with E-state index < -0.39 is 17.9 Å². The molecule has 0 saturated heterocycles. The average Bonchev–Trinajstić information content (AvgIpc) is 2.86. The van der Waals surface area contributed by atoms with Crippen molar-refractivity contribution < 1.29 is 23.8 Å². The molecule has 3 rings (SSSR count). The van der Waals surface area contributed by atoms with Gasteiger partial charge < -0.3 is 19.5 Å². The summed E-state index contributed by atoms with van der Waals surface area (Å²) in [7, 11) is 1.59. The number of benzene rings is 2. The van der Waals surface area contributed by atoms with Gasteiger partial charge in [0.25, 0.3) is 0 Å². The molecule has 1 heterocycles. The van der Waals surface area contributed by atoms with Crippen molar-refractivity contribution in [1.29, 1.82) is 5.26 Å². The van der Waals surface area contributed by atoms with Crippen LogP contribution >= 0.6 is 11.6 Å². The number of allylic oxidation sites excluding steroid dienone is 2. The van der Waals surface area contributed by atoms with Crippen LogP contribution < -0.4 is 10.1 Å². The maximum absolute atomic E-state index is 13.3. The van der Waals surface area contributed by atoms with Gasteiger partial charge in [-0.2, -0.15) is 5.26 Å². The first-order chi connectivity index (χ1) is 17.4. The zero-order chi connectivity index (χ0) is 26.1. The number of halogens is 1. The van der Waals surface area contributed by atoms with Gasteiger partial charge in [0, 0.05) is 22.0 Å². The Morgan fingerprint density at radius 3 is 2.42 bits per heavy atom. The molecule has 0 aliphatic carbocycles. The molecular formula is C28H27ClN2O5. The first-order valence-electron chi connectivity index (χ1n) is 11.3. The first kappa shape index (κ1) is 26.6. The summed E-state index contributed by atoms with van der Waals surface area (Å²) >= 11 is 6.24. The summed E-state index contributed by atoms with van der Waals surface area (Å²) in [5, 5.41) is 12.4. The number of dihydropyridines is 1. The van der Waals surface area contributed by atoms with E-state index in [-0.39, 0.29) is 30.8 Å². The minimum Gasteiger partial charge on any atom is -0.496 e. The molecule has 1 aliphatic rings. The molecule has 7 nitrogen and oxygen atoms in total. The van der Waals surface area contributed by atoms with Crippen molar-refractivity contribution in [3.05, 3.63) is 93.3 Å². The summed E-state index contributed by atoms with van der Waals surface area (Å²) in [4.78, 5) is 26.4. The molecule has 2 aromatic carbocycles. The average molecular weight is 507 g/mol. The number of nitriles is 1. The van der Waals surface area contributed by atoms with Gasteiger partial charge in [0.1, 0.15) is 19.0 Å². The van der Waals surface area contributed by atoms with Crippen molar-refractivity contribution in [1.82, 2.24) is 5.32 Å². The Morgan fingerprint density at radius 1 is 1.06 bits per heavy atom. The lowest BCUT2D eigenvalue weighted by atomic mass is 9.80. The van der Waals surface area contributed by atoms with E-state index in [1.165, 1.54) is 0 Å².